The molecule has 0 spiro atoms. The molecule has 132 valence electrons. The van der Waals surface area contributed by atoms with Crippen molar-refractivity contribution in [3.63, 3.8) is 0 Å². The fraction of sp³-hybridized carbons (Fsp3) is 0.368. The summed E-state index contributed by atoms with van der Waals surface area (Å²) in [5.74, 6) is 0.936. The van der Waals surface area contributed by atoms with Crippen LogP contribution >= 0.6 is 11.3 Å². The third-order valence-electron chi connectivity index (χ3n) is 4.07. The second kappa shape index (κ2) is 7.70. The van der Waals surface area contributed by atoms with Gasteiger partial charge in [-0.1, -0.05) is 20.3 Å². The topological polar surface area (TPSA) is 71.0 Å². The Hall–Kier alpha value is -2.34. The molecule has 5 nitrogen and oxygen atoms in total. The van der Waals surface area contributed by atoms with Crippen molar-refractivity contribution in [3.05, 3.63) is 35.0 Å². The van der Waals surface area contributed by atoms with Crippen LogP contribution in [0.5, 0.6) is 11.5 Å². The smallest absolute Gasteiger partial charge is 0.128 e. The van der Waals surface area contributed by atoms with E-state index in [-0.39, 0.29) is 5.75 Å². The Labute approximate surface area is 151 Å². The van der Waals surface area contributed by atoms with Crippen LogP contribution in [-0.2, 0) is 6.42 Å². The van der Waals surface area contributed by atoms with Crippen LogP contribution in [0, 0.1) is 6.92 Å². The summed E-state index contributed by atoms with van der Waals surface area (Å²) in [7, 11) is 0. The Morgan fingerprint density at radius 3 is 2.76 bits per heavy atom. The van der Waals surface area contributed by atoms with Crippen molar-refractivity contribution in [3.8, 4) is 33.3 Å². The van der Waals surface area contributed by atoms with E-state index in [1.165, 1.54) is 0 Å². The lowest BCUT2D eigenvalue weighted by Crippen LogP contribution is -2.00. The molecule has 0 saturated heterocycles. The lowest BCUT2D eigenvalue weighted by molar-refractivity contribution is 0.305. The molecule has 0 aliphatic heterocycles. The van der Waals surface area contributed by atoms with E-state index in [4.69, 9.17) is 4.74 Å². The number of aromatic hydroxyl groups is 1. The Bertz CT molecular complexity index is 854. The Kier molecular flexibility index (Phi) is 5.38. The van der Waals surface area contributed by atoms with Crippen molar-refractivity contribution in [2.75, 3.05) is 6.61 Å². The van der Waals surface area contributed by atoms with Crippen LogP contribution in [-0.4, -0.2) is 26.9 Å². The van der Waals surface area contributed by atoms with Crippen molar-refractivity contribution >= 4 is 11.3 Å². The maximum absolute atomic E-state index is 10.6. The number of nitrogens with zero attached hydrogens (tertiary/aromatic N) is 2. The van der Waals surface area contributed by atoms with Crippen molar-refractivity contribution in [2.45, 2.75) is 40.0 Å². The van der Waals surface area contributed by atoms with Crippen molar-refractivity contribution < 1.29 is 9.84 Å². The predicted molar refractivity (Wildman–Crippen MR) is 101 cm³/mol. The SMILES string of the molecule is CCCCOc1cc(O)c(-c2[nH]ncc2-c2nc(C)cs2)cc1CC. The average molecular weight is 357 g/mol. The van der Waals surface area contributed by atoms with Gasteiger partial charge in [-0.25, -0.2) is 4.98 Å². The van der Waals surface area contributed by atoms with Crippen LogP contribution in [0.1, 0.15) is 37.9 Å². The predicted octanol–water partition coefficient (Wildman–Crippen LogP) is 4.96. The van der Waals surface area contributed by atoms with Crippen LogP contribution in [0.25, 0.3) is 21.8 Å². The summed E-state index contributed by atoms with van der Waals surface area (Å²) in [4.78, 5) is 4.53. The Balaban J connectivity index is 2.00. The molecule has 0 amide bonds. The van der Waals surface area contributed by atoms with Gasteiger partial charge in [0, 0.05) is 22.7 Å². The number of ether oxygens (including phenoxy) is 1. The number of unbranched alkanes of at least 4 members (excludes halogenated alkanes) is 1. The molecule has 2 heterocycles. The molecule has 0 aliphatic carbocycles. The Morgan fingerprint density at radius 1 is 1.24 bits per heavy atom. The van der Waals surface area contributed by atoms with E-state index in [0.29, 0.717) is 6.61 Å². The number of thiazole rings is 1. The molecule has 2 aromatic heterocycles. The van der Waals surface area contributed by atoms with Crippen LogP contribution in [0.15, 0.2) is 23.7 Å². The molecule has 3 rings (SSSR count). The zero-order valence-corrected chi connectivity index (χ0v) is 15.6. The Morgan fingerprint density at radius 2 is 2.08 bits per heavy atom. The van der Waals surface area contributed by atoms with Gasteiger partial charge in [-0.3, -0.25) is 5.10 Å². The number of aromatic amines is 1. The van der Waals surface area contributed by atoms with Gasteiger partial charge in [0.2, 0.25) is 0 Å². The van der Waals surface area contributed by atoms with Gasteiger partial charge < -0.3 is 9.84 Å². The summed E-state index contributed by atoms with van der Waals surface area (Å²) in [6.07, 6.45) is 4.66. The highest BCUT2D eigenvalue weighted by Crippen LogP contribution is 2.39. The van der Waals surface area contributed by atoms with Gasteiger partial charge in [-0.05, 0) is 31.4 Å². The van der Waals surface area contributed by atoms with Crippen LogP contribution in [0.2, 0.25) is 0 Å². The second-order valence-corrected chi connectivity index (χ2v) is 6.84. The van der Waals surface area contributed by atoms with Crippen molar-refractivity contribution in [1.29, 1.82) is 0 Å². The number of rotatable bonds is 7. The summed E-state index contributed by atoms with van der Waals surface area (Å²) in [6.45, 7) is 6.84. The minimum Gasteiger partial charge on any atom is -0.507 e. The highest BCUT2D eigenvalue weighted by molar-refractivity contribution is 7.13. The maximum Gasteiger partial charge on any atom is 0.128 e. The maximum atomic E-state index is 10.6. The van der Waals surface area contributed by atoms with E-state index in [1.54, 1.807) is 23.6 Å². The molecule has 0 saturated carbocycles. The number of phenolic OH excluding ortho intramolecular Hbond substituents is 1. The standard InChI is InChI=1S/C19H23N3O2S/c1-4-6-7-24-17-9-16(23)14(8-13(17)5-2)18-15(10-20-22-18)19-21-12(3)11-25-19/h8-11,23H,4-7H2,1-3H3,(H,20,22). The summed E-state index contributed by atoms with van der Waals surface area (Å²) >= 11 is 1.57. The van der Waals surface area contributed by atoms with E-state index in [9.17, 15) is 5.11 Å². The molecule has 0 bridgehead atoms. The van der Waals surface area contributed by atoms with Crippen molar-refractivity contribution in [2.24, 2.45) is 0 Å². The van der Waals surface area contributed by atoms with Gasteiger partial charge in [0.05, 0.1) is 24.1 Å². The lowest BCUT2D eigenvalue weighted by atomic mass is 10.0. The first-order chi connectivity index (χ1) is 12.1. The molecule has 0 radical (unpaired) electrons. The zero-order valence-electron chi connectivity index (χ0n) is 14.8. The van der Waals surface area contributed by atoms with E-state index in [2.05, 4.69) is 29.0 Å². The van der Waals surface area contributed by atoms with Crippen LogP contribution in [0.3, 0.4) is 0 Å². The molecule has 3 aromatic rings. The number of hydrogen-bond acceptors (Lipinski definition) is 5. The number of aryl methyl sites for hydroxylation is 2. The molecule has 6 heteroatoms. The third-order valence-corrected chi connectivity index (χ3v) is 5.07. The van der Waals surface area contributed by atoms with Gasteiger partial charge in [-0.2, -0.15) is 5.10 Å². The fourth-order valence-electron chi connectivity index (χ4n) is 2.68. The van der Waals surface area contributed by atoms with E-state index >= 15 is 0 Å². The number of nitrogens with one attached hydrogen (secondary N) is 1. The molecular formula is C19H23N3O2S. The highest BCUT2D eigenvalue weighted by atomic mass is 32.1. The van der Waals surface area contributed by atoms with E-state index in [0.717, 1.165) is 58.1 Å². The number of H-pyrrole nitrogens is 1. The molecular weight excluding hydrogens is 334 g/mol. The first-order valence-electron chi connectivity index (χ1n) is 8.59. The highest BCUT2D eigenvalue weighted by Gasteiger charge is 2.18. The van der Waals surface area contributed by atoms with Gasteiger partial charge in [0.15, 0.2) is 0 Å². The number of benzene rings is 1. The van der Waals surface area contributed by atoms with E-state index < -0.39 is 0 Å². The summed E-state index contributed by atoms with van der Waals surface area (Å²) in [5, 5.41) is 20.6. The van der Waals surface area contributed by atoms with Gasteiger partial charge >= 0.3 is 0 Å². The minimum absolute atomic E-state index is 0.183. The van der Waals surface area contributed by atoms with Gasteiger partial charge in [0.1, 0.15) is 16.5 Å². The quantitative estimate of drug-likeness (QED) is 0.587. The molecule has 0 unspecified atom stereocenters. The van der Waals surface area contributed by atoms with E-state index in [1.807, 2.05) is 18.4 Å². The largest absolute Gasteiger partial charge is 0.507 e. The summed E-state index contributed by atoms with van der Waals surface area (Å²) in [6, 6.07) is 3.69. The number of aromatic nitrogens is 3. The molecule has 2 N–H and O–H groups in total. The minimum atomic E-state index is 0.183. The third kappa shape index (κ3) is 3.69. The lowest BCUT2D eigenvalue weighted by Gasteiger charge is -2.13. The first kappa shape index (κ1) is 17.5. The molecule has 25 heavy (non-hydrogen) atoms. The monoisotopic (exact) mass is 357 g/mol. The first-order valence-corrected chi connectivity index (χ1v) is 9.46. The molecule has 1 aromatic carbocycles. The second-order valence-electron chi connectivity index (χ2n) is 5.99. The van der Waals surface area contributed by atoms with Crippen molar-refractivity contribution in [1.82, 2.24) is 15.2 Å². The van der Waals surface area contributed by atoms with Crippen LogP contribution < -0.4 is 4.74 Å². The summed E-state index contributed by atoms with van der Waals surface area (Å²) < 4.78 is 5.84. The van der Waals surface area contributed by atoms with Gasteiger partial charge in [0.25, 0.3) is 0 Å². The number of phenols is 1. The normalized spacial score (nSPS) is 11.0. The molecule has 0 atom stereocenters. The van der Waals surface area contributed by atoms with Gasteiger partial charge in [-0.15, -0.1) is 11.3 Å². The number of hydrogen-bond donors (Lipinski definition) is 2. The van der Waals surface area contributed by atoms with Crippen LogP contribution in [0.4, 0.5) is 0 Å². The fourth-order valence-corrected chi connectivity index (χ4v) is 3.50. The average Bonchev–Trinajstić information content (AvgIpc) is 3.24. The molecule has 0 aliphatic rings. The zero-order chi connectivity index (χ0) is 17.8. The summed E-state index contributed by atoms with van der Waals surface area (Å²) in [5.41, 5.74) is 4.45. The molecule has 0 fully saturated rings.